The highest BCUT2D eigenvalue weighted by atomic mass is 19.1. The second kappa shape index (κ2) is 9.65. The van der Waals surface area contributed by atoms with Gasteiger partial charge in [-0.2, -0.15) is 5.10 Å². The summed E-state index contributed by atoms with van der Waals surface area (Å²) >= 11 is 0. The Kier molecular flexibility index (Phi) is 6.50. The van der Waals surface area contributed by atoms with Crippen LogP contribution >= 0.6 is 0 Å². The molecule has 170 valence electrons. The molecule has 4 rings (SSSR count). The number of hydrogen-bond donors (Lipinski definition) is 0. The lowest BCUT2D eigenvalue weighted by molar-refractivity contribution is -0.121. The summed E-state index contributed by atoms with van der Waals surface area (Å²) in [6.07, 6.45) is 2.43. The monoisotopic (exact) mass is 454 g/mol. The Morgan fingerprint density at radius 3 is 2.73 bits per heavy atom. The summed E-state index contributed by atoms with van der Waals surface area (Å²) in [5.74, 6) is -1.22. The molecule has 9 nitrogen and oxygen atoms in total. The summed E-state index contributed by atoms with van der Waals surface area (Å²) in [5.41, 5.74) is 1.77. The minimum absolute atomic E-state index is 0.0592. The number of halogens is 2. The lowest BCUT2D eigenvalue weighted by Crippen LogP contribution is -2.29. The Labute approximate surface area is 187 Å². The van der Waals surface area contributed by atoms with Gasteiger partial charge in [0.1, 0.15) is 30.1 Å². The molecule has 1 aromatic carbocycles. The fourth-order valence-electron chi connectivity index (χ4n) is 3.28. The van der Waals surface area contributed by atoms with Crippen molar-refractivity contribution in [1.29, 1.82) is 0 Å². The fraction of sp³-hybridized carbons (Fsp3) is 0.227. The minimum Gasteiger partial charge on any atom is -0.377 e. The number of benzene rings is 1. The zero-order valence-corrected chi connectivity index (χ0v) is 17.9. The summed E-state index contributed by atoms with van der Waals surface area (Å²) in [6, 6.07) is 9.66. The van der Waals surface area contributed by atoms with Gasteiger partial charge >= 0.3 is 0 Å². The van der Waals surface area contributed by atoms with Crippen LogP contribution in [0.5, 0.6) is 0 Å². The topological polar surface area (TPSA) is 99.2 Å². The molecule has 3 aromatic heterocycles. The van der Waals surface area contributed by atoms with Crippen LogP contribution in [-0.4, -0.2) is 58.0 Å². The number of ether oxygens (including phenoxy) is 1. The normalized spacial score (nSPS) is 11.0. The van der Waals surface area contributed by atoms with Crippen LogP contribution in [0.15, 0.2) is 53.4 Å². The maximum Gasteiger partial charge on any atom is 0.183 e. The average molecular weight is 454 g/mol. The summed E-state index contributed by atoms with van der Waals surface area (Å²) in [7, 11) is 2.95. The first-order chi connectivity index (χ1) is 16.0. The Morgan fingerprint density at radius 2 is 2.00 bits per heavy atom. The molecule has 0 unspecified atom stereocenters. The van der Waals surface area contributed by atoms with Gasteiger partial charge in [-0.1, -0.05) is 23.4 Å². The molecule has 0 amide bonds. The number of hydrogen-bond acceptors (Lipinski definition) is 8. The quantitative estimate of drug-likeness (QED) is 0.381. The van der Waals surface area contributed by atoms with E-state index in [0.717, 1.165) is 6.20 Å². The predicted molar refractivity (Wildman–Crippen MR) is 114 cm³/mol. The predicted octanol–water partition coefficient (Wildman–Crippen LogP) is 2.97. The third-order valence-electron chi connectivity index (χ3n) is 4.79. The molecule has 0 fully saturated rings. The number of Topliss-reactive ketones (excluding diaryl/α,β-unsaturated/α-hetero) is 1. The molecule has 33 heavy (non-hydrogen) atoms. The van der Waals surface area contributed by atoms with Crippen LogP contribution in [0.1, 0.15) is 5.56 Å². The molecule has 4 aromatic rings. The van der Waals surface area contributed by atoms with Gasteiger partial charge in [-0.25, -0.2) is 18.7 Å². The maximum atomic E-state index is 14.4. The molecule has 0 saturated carbocycles. The molecule has 0 N–H and O–H groups in total. The smallest absolute Gasteiger partial charge is 0.183 e. The van der Waals surface area contributed by atoms with Gasteiger partial charge < -0.3 is 14.2 Å². The lowest BCUT2D eigenvalue weighted by atomic mass is 10.2. The van der Waals surface area contributed by atoms with Crippen molar-refractivity contribution in [2.75, 3.05) is 32.2 Å². The molecular weight excluding hydrogens is 434 g/mol. The average Bonchev–Trinajstić information content (AvgIpc) is 3.46. The molecule has 0 aliphatic carbocycles. The standard InChI is InChI=1S/C22H20F2N6O3/c1-29(12-15(31)13-32-2)22-17(24)10-25-21(26-22)19-9-20(18-7-8-33-28-18)30(27-19)11-14-5-3-4-6-16(14)23/h3-10H,11-13H2,1-2H3. The number of carbonyl (C=O) groups is 1. The first-order valence-corrected chi connectivity index (χ1v) is 9.93. The van der Waals surface area contributed by atoms with Gasteiger partial charge in [0.05, 0.1) is 25.0 Å². The van der Waals surface area contributed by atoms with Gasteiger partial charge in [0, 0.05) is 25.8 Å². The first-order valence-electron chi connectivity index (χ1n) is 9.93. The van der Waals surface area contributed by atoms with E-state index in [2.05, 4.69) is 20.2 Å². The fourth-order valence-corrected chi connectivity index (χ4v) is 3.28. The van der Waals surface area contributed by atoms with Gasteiger partial charge in [0.15, 0.2) is 23.2 Å². The second-order valence-electron chi connectivity index (χ2n) is 7.24. The van der Waals surface area contributed by atoms with Crippen LogP contribution in [0.3, 0.4) is 0 Å². The molecule has 0 aliphatic heterocycles. The third kappa shape index (κ3) is 4.93. The number of rotatable bonds is 9. The van der Waals surface area contributed by atoms with Gasteiger partial charge in [-0.15, -0.1) is 0 Å². The Morgan fingerprint density at radius 1 is 1.18 bits per heavy atom. The number of carbonyl (C=O) groups excluding carboxylic acids is 1. The van der Waals surface area contributed by atoms with Crippen molar-refractivity contribution in [2.24, 2.45) is 0 Å². The Hall–Kier alpha value is -3.99. The molecule has 0 aliphatic rings. The lowest BCUT2D eigenvalue weighted by Gasteiger charge is -2.17. The summed E-state index contributed by atoms with van der Waals surface area (Å²) < 4.78 is 40.0. The molecule has 0 spiro atoms. The first kappa shape index (κ1) is 22.2. The molecule has 11 heteroatoms. The highest BCUT2D eigenvalue weighted by Crippen LogP contribution is 2.26. The van der Waals surface area contributed by atoms with Crippen molar-refractivity contribution in [3.05, 3.63) is 66.1 Å². The summed E-state index contributed by atoms with van der Waals surface area (Å²) in [5, 5.41) is 8.45. The Balaban J connectivity index is 1.71. The van der Waals surface area contributed by atoms with E-state index in [4.69, 9.17) is 9.26 Å². The van der Waals surface area contributed by atoms with Crippen molar-refractivity contribution in [3.63, 3.8) is 0 Å². The molecule has 0 bridgehead atoms. The van der Waals surface area contributed by atoms with Crippen molar-refractivity contribution in [1.82, 2.24) is 24.9 Å². The Bertz CT molecular complexity index is 1260. The van der Waals surface area contributed by atoms with E-state index in [1.54, 1.807) is 42.1 Å². The van der Waals surface area contributed by atoms with E-state index >= 15 is 0 Å². The van der Waals surface area contributed by atoms with Gasteiger partial charge in [-0.3, -0.25) is 9.48 Å². The van der Waals surface area contributed by atoms with E-state index < -0.39 is 5.82 Å². The van der Waals surface area contributed by atoms with Crippen molar-refractivity contribution in [2.45, 2.75) is 6.54 Å². The minimum atomic E-state index is -0.686. The van der Waals surface area contributed by atoms with Crippen LogP contribution < -0.4 is 4.90 Å². The highest BCUT2D eigenvalue weighted by molar-refractivity contribution is 5.84. The number of methoxy groups -OCH3 is 1. The summed E-state index contributed by atoms with van der Waals surface area (Å²) in [4.78, 5) is 21.6. The van der Waals surface area contributed by atoms with Gasteiger partial charge in [-0.05, 0) is 12.1 Å². The number of anilines is 1. The van der Waals surface area contributed by atoms with Crippen molar-refractivity contribution >= 4 is 11.6 Å². The highest BCUT2D eigenvalue weighted by Gasteiger charge is 2.20. The van der Waals surface area contributed by atoms with Crippen LogP contribution in [0.25, 0.3) is 22.9 Å². The van der Waals surface area contributed by atoms with E-state index in [-0.39, 0.29) is 42.9 Å². The SMILES string of the molecule is COCC(=O)CN(C)c1nc(-c2cc(-c3ccon3)n(Cc3ccccc3F)n2)ncc1F. The number of ketones is 1. The van der Waals surface area contributed by atoms with Crippen molar-refractivity contribution < 1.29 is 22.8 Å². The molecule has 3 heterocycles. The number of aromatic nitrogens is 5. The van der Waals surface area contributed by atoms with Gasteiger partial charge in [0.25, 0.3) is 0 Å². The largest absolute Gasteiger partial charge is 0.377 e. The van der Waals surface area contributed by atoms with Crippen LogP contribution in [0.4, 0.5) is 14.6 Å². The van der Waals surface area contributed by atoms with Crippen molar-refractivity contribution in [3.8, 4) is 22.9 Å². The maximum absolute atomic E-state index is 14.4. The number of nitrogens with zero attached hydrogens (tertiary/aromatic N) is 6. The number of likely N-dealkylation sites (N-methyl/N-ethyl adjacent to an activating group) is 1. The molecule has 0 radical (unpaired) electrons. The van der Waals surface area contributed by atoms with E-state index in [0.29, 0.717) is 22.6 Å². The van der Waals surface area contributed by atoms with Crippen LogP contribution in [0, 0.1) is 11.6 Å². The van der Waals surface area contributed by atoms with E-state index in [9.17, 15) is 13.6 Å². The van der Waals surface area contributed by atoms with Gasteiger partial charge in [0.2, 0.25) is 0 Å². The molecule has 0 atom stereocenters. The van der Waals surface area contributed by atoms with E-state index in [1.807, 2.05) is 0 Å². The van der Waals surface area contributed by atoms with Crippen LogP contribution in [0.2, 0.25) is 0 Å². The molecule has 0 saturated heterocycles. The zero-order valence-electron chi connectivity index (χ0n) is 17.9. The van der Waals surface area contributed by atoms with Crippen LogP contribution in [-0.2, 0) is 16.1 Å². The molecular formula is C22H20F2N6O3. The second-order valence-corrected chi connectivity index (χ2v) is 7.24. The summed E-state index contributed by atoms with van der Waals surface area (Å²) in [6.45, 7) is -0.0626. The van der Waals surface area contributed by atoms with E-state index in [1.165, 1.54) is 24.3 Å². The zero-order chi connectivity index (χ0) is 23.4. The third-order valence-corrected chi connectivity index (χ3v) is 4.79.